The Morgan fingerprint density at radius 3 is 2.61 bits per heavy atom. The van der Waals surface area contributed by atoms with E-state index in [2.05, 4.69) is 21.0 Å². The summed E-state index contributed by atoms with van der Waals surface area (Å²) in [6.45, 7) is 1.85. The number of hydrogen-bond donors (Lipinski definition) is 1. The molecule has 0 fully saturated rings. The van der Waals surface area contributed by atoms with Gasteiger partial charge in [0, 0.05) is 13.1 Å². The van der Waals surface area contributed by atoms with Crippen molar-refractivity contribution in [3.63, 3.8) is 0 Å². The second-order valence-corrected chi connectivity index (χ2v) is 4.83. The lowest BCUT2D eigenvalue weighted by atomic mass is 10.1. The normalized spacial score (nSPS) is 10.7. The van der Waals surface area contributed by atoms with Gasteiger partial charge in [-0.2, -0.15) is 5.10 Å². The molecule has 0 spiro atoms. The molecule has 2 rings (SSSR count). The van der Waals surface area contributed by atoms with Gasteiger partial charge in [0.05, 0.1) is 17.1 Å². The number of nitrogen functional groups attached to an aromatic ring is 1. The fourth-order valence-electron chi connectivity index (χ4n) is 1.83. The van der Waals surface area contributed by atoms with E-state index in [1.54, 1.807) is 19.2 Å². The second-order valence-electron chi connectivity index (χ2n) is 3.98. The quantitative estimate of drug-likeness (QED) is 0.927. The van der Waals surface area contributed by atoms with Gasteiger partial charge in [-0.3, -0.25) is 4.68 Å². The van der Waals surface area contributed by atoms with Gasteiger partial charge in [-0.1, -0.05) is 0 Å². The van der Waals surface area contributed by atoms with Crippen molar-refractivity contribution in [2.75, 3.05) is 12.8 Å². The van der Waals surface area contributed by atoms with E-state index in [4.69, 9.17) is 10.5 Å². The Morgan fingerprint density at radius 2 is 2.11 bits per heavy atom. The van der Waals surface area contributed by atoms with Gasteiger partial charge in [0.25, 0.3) is 0 Å². The van der Waals surface area contributed by atoms with E-state index in [0.717, 1.165) is 5.56 Å². The van der Waals surface area contributed by atoms with Crippen LogP contribution in [0.25, 0.3) is 11.3 Å². The van der Waals surface area contributed by atoms with Gasteiger partial charge < -0.3 is 10.5 Å². The van der Waals surface area contributed by atoms with E-state index in [1.807, 2.05) is 6.92 Å². The lowest BCUT2D eigenvalue weighted by Crippen LogP contribution is -1.98. The fraction of sp³-hybridized carbons (Fsp3) is 0.250. The smallest absolute Gasteiger partial charge is 0.150 e. The van der Waals surface area contributed by atoms with Crippen LogP contribution in [0.4, 0.5) is 10.2 Å². The minimum atomic E-state index is -0.407. The minimum absolute atomic E-state index is 0.316. The average Bonchev–Trinajstić information content (AvgIpc) is 2.63. The molecule has 0 aliphatic carbocycles. The summed E-state index contributed by atoms with van der Waals surface area (Å²) >= 11 is 3.19. The van der Waals surface area contributed by atoms with Crippen LogP contribution in [0.15, 0.2) is 16.6 Å². The number of rotatable bonds is 2. The number of aryl methyl sites for hydroxylation is 2. The van der Waals surface area contributed by atoms with Gasteiger partial charge >= 0.3 is 0 Å². The van der Waals surface area contributed by atoms with Gasteiger partial charge in [-0.25, -0.2) is 4.39 Å². The maximum atomic E-state index is 14.2. The monoisotopic (exact) mass is 313 g/mol. The average molecular weight is 314 g/mol. The van der Waals surface area contributed by atoms with E-state index in [0.29, 0.717) is 27.3 Å². The highest BCUT2D eigenvalue weighted by Crippen LogP contribution is 2.38. The van der Waals surface area contributed by atoms with Crippen molar-refractivity contribution < 1.29 is 9.13 Å². The second kappa shape index (κ2) is 4.61. The summed E-state index contributed by atoms with van der Waals surface area (Å²) in [7, 11) is 3.21. The maximum absolute atomic E-state index is 14.2. The lowest BCUT2D eigenvalue weighted by molar-refractivity contribution is 0.409. The molecule has 0 saturated heterocycles. The summed E-state index contributed by atoms with van der Waals surface area (Å²) in [5.41, 5.74) is 7.31. The van der Waals surface area contributed by atoms with Gasteiger partial charge in [-0.15, -0.1) is 0 Å². The summed E-state index contributed by atoms with van der Waals surface area (Å²) in [6, 6.07) is 3.29. The molecular formula is C12H13BrFN3O. The van der Waals surface area contributed by atoms with E-state index in [1.165, 1.54) is 11.8 Å². The number of hydrogen-bond acceptors (Lipinski definition) is 3. The molecule has 6 heteroatoms. The molecule has 0 radical (unpaired) electrons. The Labute approximate surface area is 113 Å². The Bertz CT molecular complexity index is 590. The van der Waals surface area contributed by atoms with E-state index in [9.17, 15) is 4.39 Å². The molecule has 0 bridgehead atoms. The zero-order valence-electron chi connectivity index (χ0n) is 10.3. The van der Waals surface area contributed by atoms with Crippen LogP contribution in [0.1, 0.15) is 5.56 Å². The molecular weight excluding hydrogens is 301 g/mol. The van der Waals surface area contributed by atoms with Crippen molar-refractivity contribution in [3.8, 4) is 17.0 Å². The number of ether oxygens (including phenoxy) is 1. The van der Waals surface area contributed by atoms with Gasteiger partial charge in [0.1, 0.15) is 17.3 Å². The van der Waals surface area contributed by atoms with Crippen molar-refractivity contribution in [1.29, 1.82) is 0 Å². The summed E-state index contributed by atoms with van der Waals surface area (Å²) in [5, 5.41) is 4.18. The predicted molar refractivity (Wildman–Crippen MR) is 72.0 cm³/mol. The van der Waals surface area contributed by atoms with Crippen LogP contribution in [-0.2, 0) is 7.05 Å². The summed E-state index contributed by atoms with van der Waals surface area (Å²) < 4.78 is 21.4. The Hall–Kier alpha value is -1.56. The first kappa shape index (κ1) is 12.9. The van der Waals surface area contributed by atoms with Crippen LogP contribution in [0.2, 0.25) is 0 Å². The van der Waals surface area contributed by atoms with Crippen molar-refractivity contribution >= 4 is 21.7 Å². The molecule has 0 saturated carbocycles. The zero-order valence-corrected chi connectivity index (χ0v) is 11.9. The molecule has 1 aromatic carbocycles. The maximum Gasteiger partial charge on any atom is 0.150 e. The molecule has 0 atom stereocenters. The third-order valence-corrected chi connectivity index (χ3v) is 3.31. The Kier molecular flexibility index (Phi) is 3.30. The minimum Gasteiger partial charge on any atom is -0.496 e. The number of aromatic nitrogens is 2. The SMILES string of the molecule is COc1c(C)cc(Br)c(F)c1-c1cc(N)n(C)n1. The van der Waals surface area contributed by atoms with Crippen LogP contribution < -0.4 is 10.5 Å². The van der Waals surface area contributed by atoms with Crippen molar-refractivity contribution in [1.82, 2.24) is 9.78 Å². The number of benzene rings is 1. The third-order valence-electron chi connectivity index (χ3n) is 2.73. The molecule has 4 nitrogen and oxygen atoms in total. The van der Waals surface area contributed by atoms with Gasteiger partial charge in [0.15, 0.2) is 5.82 Å². The molecule has 0 amide bonds. The standard InChI is InChI=1S/C12H13BrFN3O/c1-6-4-7(13)11(14)10(12(6)18-3)8-5-9(15)17(2)16-8/h4-5H,15H2,1-3H3. The summed E-state index contributed by atoms with van der Waals surface area (Å²) in [6.07, 6.45) is 0. The highest BCUT2D eigenvalue weighted by atomic mass is 79.9. The van der Waals surface area contributed by atoms with Gasteiger partial charge in [-0.05, 0) is 34.5 Å². The molecule has 96 valence electrons. The summed E-state index contributed by atoms with van der Waals surface area (Å²) in [5.74, 6) is 0.522. The number of nitrogens with two attached hydrogens (primary N) is 1. The third kappa shape index (κ3) is 1.96. The molecule has 0 aliphatic rings. The highest BCUT2D eigenvalue weighted by molar-refractivity contribution is 9.10. The molecule has 0 aliphatic heterocycles. The first-order valence-electron chi connectivity index (χ1n) is 5.28. The first-order valence-corrected chi connectivity index (χ1v) is 6.07. The number of methoxy groups -OCH3 is 1. The van der Waals surface area contributed by atoms with Crippen LogP contribution in [-0.4, -0.2) is 16.9 Å². The number of nitrogens with zero attached hydrogens (tertiary/aromatic N) is 2. The molecule has 0 unspecified atom stereocenters. The lowest BCUT2D eigenvalue weighted by Gasteiger charge is -2.12. The largest absolute Gasteiger partial charge is 0.496 e. The number of anilines is 1. The summed E-state index contributed by atoms with van der Waals surface area (Å²) in [4.78, 5) is 0. The van der Waals surface area contributed by atoms with Gasteiger partial charge in [0.2, 0.25) is 0 Å². The molecule has 2 N–H and O–H groups in total. The van der Waals surface area contributed by atoms with E-state index < -0.39 is 5.82 Å². The molecule has 18 heavy (non-hydrogen) atoms. The first-order chi connectivity index (χ1) is 8.45. The fourth-order valence-corrected chi connectivity index (χ4v) is 2.37. The molecule has 1 heterocycles. The van der Waals surface area contributed by atoms with Crippen LogP contribution in [0, 0.1) is 12.7 Å². The van der Waals surface area contributed by atoms with Crippen molar-refractivity contribution in [2.45, 2.75) is 6.92 Å². The Balaban J connectivity index is 2.76. The Morgan fingerprint density at radius 1 is 1.44 bits per heavy atom. The van der Waals surface area contributed by atoms with Crippen LogP contribution in [0.3, 0.4) is 0 Å². The van der Waals surface area contributed by atoms with E-state index in [-0.39, 0.29) is 0 Å². The highest BCUT2D eigenvalue weighted by Gasteiger charge is 2.20. The van der Waals surface area contributed by atoms with Crippen LogP contribution >= 0.6 is 15.9 Å². The van der Waals surface area contributed by atoms with E-state index >= 15 is 0 Å². The van der Waals surface area contributed by atoms with Crippen molar-refractivity contribution in [2.24, 2.45) is 7.05 Å². The number of halogens is 2. The van der Waals surface area contributed by atoms with Crippen molar-refractivity contribution in [3.05, 3.63) is 28.0 Å². The zero-order chi connectivity index (χ0) is 13.4. The molecule has 1 aromatic heterocycles. The molecule has 2 aromatic rings. The topological polar surface area (TPSA) is 53.1 Å². The predicted octanol–water partition coefficient (Wildman–Crippen LogP) is 2.89. The van der Waals surface area contributed by atoms with Crippen LogP contribution in [0.5, 0.6) is 5.75 Å².